The van der Waals surface area contributed by atoms with Crippen molar-refractivity contribution in [2.45, 2.75) is 32.9 Å². The number of nitrogens with one attached hydrogen (secondary N) is 2. The normalized spacial score (nSPS) is 11.8. The number of hydrogen-bond acceptors (Lipinski definition) is 2. The Morgan fingerprint density at radius 2 is 1.94 bits per heavy atom. The maximum atomic E-state index is 12.8. The highest BCUT2D eigenvalue weighted by Gasteiger charge is 2.07. The topological polar surface area (TPSA) is 24.1 Å². The second-order valence-electron chi connectivity index (χ2n) is 5.09. The van der Waals surface area contributed by atoms with Gasteiger partial charge in [0.2, 0.25) is 0 Å². The second kappa shape index (κ2) is 6.34. The average molecular weight is 259 g/mol. The maximum Gasteiger partial charge on any atom is 0.124 e. The van der Waals surface area contributed by atoms with Crippen molar-refractivity contribution >= 4 is 11.6 Å². The summed E-state index contributed by atoms with van der Waals surface area (Å²) in [6.07, 6.45) is 0. The van der Waals surface area contributed by atoms with E-state index >= 15 is 0 Å². The van der Waals surface area contributed by atoms with Crippen molar-refractivity contribution in [2.75, 3.05) is 13.1 Å². The molecule has 1 aromatic carbocycles. The molecule has 0 amide bonds. The molecule has 0 aliphatic carbocycles. The van der Waals surface area contributed by atoms with E-state index < -0.39 is 0 Å². The molecule has 0 atom stereocenters. The third kappa shape index (κ3) is 6.01. The van der Waals surface area contributed by atoms with Gasteiger partial charge in [0.05, 0.1) is 0 Å². The van der Waals surface area contributed by atoms with Crippen LogP contribution >= 0.6 is 11.6 Å². The third-order valence-corrected chi connectivity index (χ3v) is 2.64. The molecule has 0 aromatic heterocycles. The fourth-order valence-corrected chi connectivity index (χ4v) is 1.65. The number of hydrogen-bond donors (Lipinski definition) is 2. The van der Waals surface area contributed by atoms with Crippen molar-refractivity contribution < 1.29 is 4.39 Å². The number of benzene rings is 1. The summed E-state index contributed by atoms with van der Waals surface area (Å²) in [4.78, 5) is 0. The van der Waals surface area contributed by atoms with Gasteiger partial charge in [-0.25, -0.2) is 4.39 Å². The van der Waals surface area contributed by atoms with E-state index in [2.05, 4.69) is 31.4 Å². The molecule has 0 spiro atoms. The number of rotatable bonds is 5. The van der Waals surface area contributed by atoms with Crippen molar-refractivity contribution in [3.05, 3.63) is 34.6 Å². The lowest BCUT2D eigenvalue weighted by atomic mass is 10.1. The average Bonchev–Trinajstić information content (AvgIpc) is 2.18. The van der Waals surface area contributed by atoms with Crippen LogP contribution in [0, 0.1) is 5.82 Å². The molecule has 0 bridgehead atoms. The molecule has 1 rings (SSSR count). The summed E-state index contributed by atoms with van der Waals surface area (Å²) < 4.78 is 12.8. The van der Waals surface area contributed by atoms with Crippen LogP contribution in [0.25, 0.3) is 0 Å². The predicted molar refractivity (Wildman–Crippen MR) is 70.9 cm³/mol. The van der Waals surface area contributed by atoms with E-state index in [0.29, 0.717) is 11.6 Å². The molecule has 0 aliphatic rings. The first-order valence-electron chi connectivity index (χ1n) is 5.78. The summed E-state index contributed by atoms with van der Waals surface area (Å²) in [5.41, 5.74) is 1.05. The fraction of sp³-hybridized carbons (Fsp3) is 0.538. The van der Waals surface area contributed by atoms with Gasteiger partial charge in [0.25, 0.3) is 0 Å². The van der Waals surface area contributed by atoms with E-state index in [1.807, 2.05) is 0 Å². The van der Waals surface area contributed by atoms with E-state index in [9.17, 15) is 4.39 Å². The van der Waals surface area contributed by atoms with Crippen LogP contribution in [0.15, 0.2) is 18.2 Å². The molecule has 17 heavy (non-hydrogen) atoms. The van der Waals surface area contributed by atoms with Crippen LogP contribution in [0.1, 0.15) is 26.3 Å². The molecule has 0 radical (unpaired) electrons. The van der Waals surface area contributed by atoms with Gasteiger partial charge in [0.15, 0.2) is 0 Å². The van der Waals surface area contributed by atoms with Gasteiger partial charge in [0.1, 0.15) is 5.82 Å². The van der Waals surface area contributed by atoms with Gasteiger partial charge in [-0.2, -0.15) is 0 Å². The zero-order chi connectivity index (χ0) is 12.9. The lowest BCUT2D eigenvalue weighted by Crippen LogP contribution is -2.40. The molecule has 0 aliphatic heterocycles. The standard InChI is InChI=1S/C13H20ClFN2/c1-13(2,3)17-7-6-16-9-10-4-5-11(15)8-12(10)14/h4-5,8,16-17H,6-7,9H2,1-3H3. The molecule has 0 unspecified atom stereocenters. The first-order chi connectivity index (χ1) is 7.88. The Hall–Kier alpha value is -0.640. The Balaban J connectivity index is 2.27. The van der Waals surface area contributed by atoms with Crippen LogP contribution in [-0.2, 0) is 6.54 Å². The highest BCUT2D eigenvalue weighted by molar-refractivity contribution is 6.31. The zero-order valence-corrected chi connectivity index (χ0v) is 11.4. The minimum Gasteiger partial charge on any atom is -0.311 e. The molecule has 1 aromatic rings. The van der Waals surface area contributed by atoms with Crippen molar-refractivity contribution in [1.82, 2.24) is 10.6 Å². The van der Waals surface area contributed by atoms with Gasteiger partial charge in [-0.3, -0.25) is 0 Å². The van der Waals surface area contributed by atoms with E-state index in [1.165, 1.54) is 12.1 Å². The summed E-state index contributed by atoms with van der Waals surface area (Å²) in [5.74, 6) is -0.298. The first kappa shape index (κ1) is 14.4. The smallest absolute Gasteiger partial charge is 0.124 e. The highest BCUT2D eigenvalue weighted by Crippen LogP contribution is 2.16. The van der Waals surface area contributed by atoms with E-state index in [1.54, 1.807) is 6.07 Å². The van der Waals surface area contributed by atoms with Crippen molar-refractivity contribution in [2.24, 2.45) is 0 Å². The summed E-state index contributed by atoms with van der Waals surface area (Å²) in [7, 11) is 0. The Morgan fingerprint density at radius 3 is 2.53 bits per heavy atom. The fourth-order valence-electron chi connectivity index (χ4n) is 1.41. The van der Waals surface area contributed by atoms with Crippen LogP contribution in [0.4, 0.5) is 4.39 Å². The molecule has 0 heterocycles. The molecule has 0 saturated carbocycles. The predicted octanol–water partition coefficient (Wildman–Crippen LogP) is 2.96. The molecule has 2 N–H and O–H groups in total. The maximum absolute atomic E-state index is 12.8. The summed E-state index contributed by atoms with van der Waals surface area (Å²) in [5, 5.41) is 7.11. The Kier molecular flexibility index (Phi) is 5.37. The lowest BCUT2D eigenvalue weighted by Gasteiger charge is -2.20. The molecular formula is C13H20ClFN2. The lowest BCUT2D eigenvalue weighted by molar-refractivity contribution is 0.421. The molecule has 0 saturated heterocycles. The quantitative estimate of drug-likeness (QED) is 0.794. The highest BCUT2D eigenvalue weighted by atomic mass is 35.5. The van der Waals surface area contributed by atoms with Crippen LogP contribution < -0.4 is 10.6 Å². The molecule has 96 valence electrons. The Morgan fingerprint density at radius 1 is 1.24 bits per heavy atom. The minimum absolute atomic E-state index is 0.134. The second-order valence-corrected chi connectivity index (χ2v) is 5.50. The molecule has 2 nitrogen and oxygen atoms in total. The molecule has 4 heteroatoms. The summed E-state index contributed by atoms with van der Waals surface area (Å²) in [6, 6.07) is 4.48. The Labute approximate surface area is 108 Å². The molecule has 0 fully saturated rings. The van der Waals surface area contributed by atoms with Crippen molar-refractivity contribution in [3.63, 3.8) is 0 Å². The van der Waals surface area contributed by atoms with E-state index in [-0.39, 0.29) is 11.4 Å². The van der Waals surface area contributed by atoms with Crippen LogP contribution in [-0.4, -0.2) is 18.6 Å². The largest absolute Gasteiger partial charge is 0.311 e. The third-order valence-electron chi connectivity index (χ3n) is 2.29. The van der Waals surface area contributed by atoms with Gasteiger partial charge in [-0.1, -0.05) is 17.7 Å². The van der Waals surface area contributed by atoms with Crippen LogP contribution in [0.3, 0.4) is 0 Å². The van der Waals surface area contributed by atoms with Crippen molar-refractivity contribution in [3.8, 4) is 0 Å². The van der Waals surface area contributed by atoms with Gasteiger partial charge >= 0.3 is 0 Å². The van der Waals surface area contributed by atoms with Crippen molar-refractivity contribution in [1.29, 1.82) is 0 Å². The van der Waals surface area contributed by atoms with E-state index in [4.69, 9.17) is 11.6 Å². The first-order valence-corrected chi connectivity index (χ1v) is 6.16. The SMILES string of the molecule is CC(C)(C)NCCNCc1ccc(F)cc1Cl. The van der Waals surface area contributed by atoms with Gasteiger partial charge in [-0.15, -0.1) is 0 Å². The van der Waals surface area contributed by atoms with Crippen LogP contribution in [0.5, 0.6) is 0 Å². The summed E-state index contributed by atoms with van der Waals surface area (Å²) in [6.45, 7) is 8.79. The molecular weight excluding hydrogens is 239 g/mol. The van der Waals surface area contributed by atoms with Gasteiger partial charge < -0.3 is 10.6 Å². The van der Waals surface area contributed by atoms with Gasteiger partial charge in [-0.05, 0) is 38.5 Å². The zero-order valence-electron chi connectivity index (χ0n) is 10.6. The minimum atomic E-state index is -0.298. The van der Waals surface area contributed by atoms with Crippen LogP contribution in [0.2, 0.25) is 5.02 Å². The van der Waals surface area contributed by atoms with E-state index in [0.717, 1.165) is 18.7 Å². The Bertz CT molecular complexity index is 361. The summed E-state index contributed by atoms with van der Waals surface area (Å²) >= 11 is 5.92. The number of halogens is 2. The van der Waals surface area contributed by atoms with Gasteiger partial charge in [0, 0.05) is 30.2 Å². The monoisotopic (exact) mass is 258 g/mol.